The van der Waals surface area contributed by atoms with E-state index in [0.29, 0.717) is 16.9 Å². The van der Waals surface area contributed by atoms with Crippen LogP contribution in [0, 0.1) is 0 Å². The van der Waals surface area contributed by atoms with Crippen LogP contribution in [0.25, 0.3) is 6.08 Å². The van der Waals surface area contributed by atoms with E-state index in [4.69, 9.17) is 35.2 Å². The zero-order valence-corrected chi connectivity index (χ0v) is 23.0. The molecular formula is C30H29F3N2O8. The predicted molar refractivity (Wildman–Crippen MR) is 151 cm³/mol. The number of benzene rings is 3. The first-order valence-electron chi connectivity index (χ1n) is 12.8. The molecule has 0 radical (unpaired) electrons. The third-order valence-corrected chi connectivity index (χ3v) is 5.52. The molecule has 0 aliphatic carbocycles. The summed E-state index contributed by atoms with van der Waals surface area (Å²) in [6.45, 7) is -0.547. The number of hydrogen-bond donors (Lipinski definition) is 2. The second-order valence-corrected chi connectivity index (χ2v) is 8.92. The number of esters is 3. The van der Waals surface area contributed by atoms with Crippen molar-refractivity contribution < 1.29 is 51.2 Å². The molecule has 0 saturated heterocycles. The highest BCUT2D eigenvalue weighted by Gasteiger charge is 2.27. The molecule has 0 atom stereocenters. The standard InChI is InChI=1S/C30H29F3N2O8/c1-39-26-17-20(6-9-25(26)40-14-11-30(31,32)33)29(38)43-24-7-3-19(4-8-24)5-10-27(36)41-12-2-13-42-28(37)21-15-22(34)18-23(35)16-21/h3-10,15-18H,2,11-14,34-35H2,1H3/b10-5+. The molecule has 0 aliphatic rings. The molecular weight excluding hydrogens is 573 g/mol. The molecule has 0 aliphatic heterocycles. The number of ether oxygens (including phenoxy) is 5. The van der Waals surface area contributed by atoms with Crippen LogP contribution in [0.1, 0.15) is 39.1 Å². The number of carbonyl (C=O) groups excluding carboxylic acids is 3. The summed E-state index contributed by atoms with van der Waals surface area (Å²) >= 11 is 0. The molecule has 0 amide bonds. The smallest absolute Gasteiger partial charge is 0.392 e. The van der Waals surface area contributed by atoms with Gasteiger partial charge in [-0.15, -0.1) is 0 Å². The van der Waals surface area contributed by atoms with Gasteiger partial charge in [-0.25, -0.2) is 14.4 Å². The van der Waals surface area contributed by atoms with Gasteiger partial charge in [0.1, 0.15) is 5.75 Å². The topological polar surface area (TPSA) is 149 Å². The van der Waals surface area contributed by atoms with Gasteiger partial charge >= 0.3 is 24.1 Å². The Morgan fingerprint density at radius 2 is 1.47 bits per heavy atom. The van der Waals surface area contributed by atoms with E-state index in [1.165, 1.54) is 67.8 Å². The van der Waals surface area contributed by atoms with E-state index < -0.39 is 37.1 Å². The van der Waals surface area contributed by atoms with E-state index in [1.54, 1.807) is 12.1 Å². The first-order chi connectivity index (χ1) is 20.4. The van der Waals surface area contributed by atoms with Crippen molar-refractivity contribution in [1.82, 2.24) is 0 Å². The average Bonchev–Trinajstić information content (AvgIpc) is 2.95. The molecule has 43 heavy (non-hydrogen) atoms. The molecule has 0 heterocycles. The Kier molecular flexibility index (Phi) is 11.4. The minimum atomic E-state index is -4.36. The van der Waals surface area contributed by atoms with E-state index in [2.05, 4.69) is 0 Å². The van der Waals surface area contributed by atoms with E-state index in [0.717, 1.165) is 0 Å². The first-order valence-corrected chi connectivity index (χ1v) is 12.8. The van der Waals surface area contributed by atoms with Gasteiger partial charge in [0.15, 0.2) is 11.5 Å². The van der Waals surface area contributed by atoms with Crippen LogP contribution in [0.3, 0.4) is 0 Å². The van der Waals surface area contributed by atoms with Gasteiger partial charge < -0.3 is 35.2 Å². The minimum absolute atomic E-state index is 0.0237. The van der Waals surface area contributed by atoms with Crippen LogP contribution < -0.4 is 25.7 Å². The van der Waals surface area contributed by atoms with Crippen LogP contribution in [0.15, 0.2) is 66.7 Å². The zero-order chi connectivity index (χ0) is 31.4. The Balaban J connectivity index is 1.42. The molecule has 0 fully saturated rings. The number of anilines is 2. The number of alkyl halides is 3. The normalized spacial score (nSPS) is 11.2. The Morgan fingerprint density at radius 3 is 2.12 bits per heavy atom. The van der Waals surface area contributed by atoms with Crippen molar-refractivity contribution >= 4 is 35.4 Å². The molecule has 0 spiro atoms. The van der Waals surface area contributed by atoms with E-state index in [9.17, 15) is 27.6 Å². The molecule has 0 saturated carbocycles. The SMILES string of the molecule is COc1cc(C(=O)Oc2ccc(/C=C/C(=O)OCCCOC(=O)c3cc(N)cc(N)c3)cc2)ccc1OCCC(F)(F)F. The van der Waals surface area contributed by atoms with Crippen LogP contribution in [-0.2, 0) is 14.3 Å². The minimum Gasteiger partial charge on any atom is -0.493 e. The summed E-state index contributed by atoms with van der Waals surface area (Å²) in [4.78, 5) is 36.6. The van der Waals surface area contributed by atoms with Crippen LogP contribution in [0.5, 0.6) is 17.2 Å². The van der Waals surface area contributed by atoms with Gasteiger partial charge in [-0.3, -0.25) is 0 Å². The maximum atomic E-state index is 12.5. The quantitative estimate of drug-likeness (QED) is 0.0877. The maximum Gasteiger partial charge on any atom is 0.392 e. The van der Waals surface area contributed by atoms with Crippen LogP contribution in [0.2, 0.25) is 0 Å². The highest BCUT2D eigenvalue weighted by atomic mass is 19.4. The summed E-state index contributed by atoms with van der Waals surface area (Å²) in [7, 11) is 1.29. The monoisotopic (exact) mass is 602 g/mol. The summed E-state index contributed by atoms with van der Waals surface area (Å²) in [5, 5.41) is 0. The number of methoxy groups -OCH3 is 1. The molecule has 3 aromatic rings. The fourth-order valence-electron chi connectivity index (χ4n) is 3.49. The third-order valence-electron chi connectivity index (χ3n) is 5.52. The lowest BCUT2D eigenvalue weighted by molar-refractivity contribution is -0.140. The van der Waals surface area contributed by atoms with Crippen LogP contribution in [0.4, 0.5) is 24.5 Å². The summed E-state index contributed by atoms with van der Waals surface area (Å²) in [5.74, 6) is -1.58. The fraction of sp³-hybridized carbons (Fsp3) is 0.233. The van der Waals surface area contributed by atoms with Crippen molar-refractivity contribution in [2.45, 2.75) is 19.0 Å². The van der Waals surface area contributed by atoms with Gasteiger partial charge in [0.25, 0.3) is 0 Å². The molecule has 228 valence electrons. The van der Waals surface area contributed by atoms with Crippen molar-refractivity contribution in [2.75, 3.05) is 38.4 Å². The molecule has 13 heteroatoms. The second-order valence-electron chi connectivity index (χ2n) is 8.92. The Labute approximate surface area is 244 Å². The van der Waals surface area contributed by atoms with Crippen LogP contribution >= 0.6 is 0 Å². The second kappa shape index (κ2) is 15.1. The fourth-order valence-corrected chi connectivity index (χ4v) is 3.49. The summed E-state index contributed by atoms with van der Waals surface area (Å²) < 4.78 is 62.8. The highest BCUT2D eigenvalue weighted by Crippen LogP contribution is 2.30. The molecule has 0 bridgehead atoms. The van der Waals surface area contributed by atoms with Gasteiger partial charge in [0.05, 0.1) is 44.5 Å². The zero-order valence-electron chi connectivity index (χ0n) is 23.0. The molecule has 10 nitrogen and oxygen atoms in total. The van der Waals surface area contributed by atoms with E-state index in [-0.39, 0.29) is 48.0 Å². The Morgan fingerprint density at radius 1 is 0.791 bits per heavy atom. The van der Waals surface area contributed by atoms with Crippen molar-refractivity contribution in [3.63, 3.8) is 0 Å². The average molecular weight is 603 g/mol. The molecule has 4 N–H and O–H groups in total. The molecule has 3 rings (SSSR count). The third kappa shape index (κ3) is 10.9. The number of nitrogens with two attached hydrogens (primary N) is 2. The number of rotatable bonds is 13. The van der Waals surface area contributed by atoms with E-state index >= 15 is 0 Å². The summed E-state index contributed by atoms with van der Waals surface area (Å²) in [5.41, 5.74) is 12.9. The van der Waals surface area contributed by atoms with Gasteiger partial charge in [-0.1, -0.05) is 12.1 Å². The van der Waals surface area contributed by atoms with Crippen molar-refractivity contribution in [3.05, 3.63) is 83.4 Å². The van der Waals surface area contributed by atoms with Gasteiger partial charge in [-0.05, 0) is 60.2 Å². The lowest BCUT2D eigenvalue weighted by Gasteiger charge is -2.13. The number of hydrogen-bond acceptors (Lipinski definition) is 10. The van der Waals surface area contributed by atoms with Gasteiger partial charge in [0.2, 0.25) is 0 Å². The van der Waals surface area contributed by atoms with Crippen molar-refractivity contribution in [2.24, 2.45) is 0 Å². The Hall–Kier alpha value is -5.20. The number of nitrogen functional groups attached to an aromatic ring is 2. The predicted octanol–water partition coefficient (Wildman–Crippen LogP) is 5.21. The van der Waals surface area contributed by atoms with Crippen molar-refractivity contribution in [3.8, 4) is 17.2 Å². The number of halogens is 3. The lowest BCUT2D eigenvalue weighted by atomic mass is 10.2. The van der Waals surface area contributed by atoms with Crippen molar-refractivity contribution in [1.29, 1.82) is 0 Å². The van der Waals surface area contributed by atoms with Crippen LogP contribution in [-0.4, -0.2) is 51.0 Å². The first kappa shape index (κ1) is 32.3. The number of carbonyl (C=O) groups is 3. The lowest BCUT2D eigenvalue weighted by Crippen LogP contribution is -2.13. The Bertz CT molecular complexity index is 1440. The highest BCUT2D eigenvalue weighted by molar-refractivity contribution is 5.92. The van der Waals surface area contributed by atoms with Gasteiger partial charge in [-0.2, -0.15) is 13.2 Å². The molecule has 3 aromatic carbocycles. The summed E-state index contributed by atoms with van der Waals surface area (Å²) in [6.07, 6.45) is -2.49. The largest absolute Gasteiger partial charge is 0.493 e. The summed E-state index contributed by atoms with van der Waals surface area (Å²) in [6, 6.07) is 14.6. The molecule has 0 unspecified atom stereocenters. The van der Waals surface area contributed by atoms with E-state index in [1.807, 2.05) is 0 Å². The molecule has 0 aromatic heterocycles. The van der Waals surface area contributed by atoms with Gasteiger partial charge in [0, 0.05) is 23.9 Å². The maximum absolute atomic E-state index is 12.5.